The Morgan fingerprint density at radius 1 is 1.12 bits per heavy atom. The first-order valence-electron chi connectivity index (χ1n) is 5.80. The van der Waals surface area contributed by atoms with E-state index < -0.39 is 0 Å². The molecular formula is C15H19N. The molecule has 0 heterocycles. The second-order valence-electron chi connectivity index (χ2n) is 5.00. The van der Waals surface area contributed by atoms with Crippen LogP contribution in [-0.2, 0) is 5.54 Å². The molecule has 1 heteroatoms. The van der Waals surface area contributed by atoms with E-state index in [1.165, 1.54) is 11.1 Å². The first-order valence-corrected chi connectivity index (χ1v) is 5.80. The van der Waals surface area contributed by atoms with E-state index in [0.717, 1.165) is 6.42 Å². The second kappa shape index (κ2) is 4.26. The van der Waals surface area contributed by atoms with Gasteiger partial charge in [-0.05, 0) is 31.4 Å². The highest BCUT2D eigenvalue weighted by Gasteiger charge is 2.14. The quantitative estimate of drug-likeness (QED) is 0.799. The van der Waals surface area contributed by atoms with Crippen LogP contribution in [-0.4, -0.2) is 0 Å². The van der Waals surface area contributed by atoms with Crippen molar-refractivity contribution in [3.8, 4) is 0 Å². The zero-order valence-electron chi connectivity index (χ0n) is 9.98. The average Bonchev–Trinajstić information content (AvgIpc) is 2.29. The molecule has 0 aliphatic heterocycles. The van der Waals surface area contributed by atoms with Crippen LogP contribution in [0.4, 0.5) is 0 Å². The molecule has 1 aromatic rings. The maximum absolute atomic E-state index is 6.06. The van der Waals surface area contributed by atoms with E-state index >= 15 is 0 Å². The molecule has 0 fully saturated rings. The third kappa shape index (κ3) is 2.42. The lowest BCUT2D eigenvalue weighted by Crippen LogP contribution is -2.28. The fourth-order valence-corrected chi connectivity index (χ4v) is 1.99. The van der Waals surface area contributed by atoms with E-state index in [9.17, 15) is 0 Å². The maximum Gasteiger partial charge on any atom is 0.0352 e. The molecule has 0 radical (unpaired) electrons. The van der Waals surface area contributed by atoms with Gasteiger partial charge in [0.2, 0.25) is 0 Å². The second-order valence-corrected chi connectivity index (χ2v) is 5.00. The number of hydrogen-bond donors (Lipinski definition) is 1. The molecule has 84 valence electrons. The van der Waals surface area contributed by atoms with Crippen LogP contribution in [0.15, 0.2) is 48.6 Å². The van der Waals surface area contributed by atoms with Gasteiger partial charge in [-0.2, -0.15) is 0 Å². The predicted molar refractivity (Wildman–Crippen MR) is 69.3 cm³/mol. The summed E-state index contributed by atoms with van der Waals surface area (Å²) in [6, 6.07) is 8.67. The zero-order valence-corrected chi connectivity index (χ0v) is 9.98. The van der Waals surface area contributed by atoms with Crippen molar-refractivity contribution < 1.29 is 0 Å². The van der Waals surface area contributed by atoms with Crippen molar-refractivity contribution in [1.29, 1.82) is 0 Å². The molecule has 1 nitrogen and oxygen atoms in total. The van der Waals surface area contributed by atoms with Crippen molar-refractivity contribution in [2.75, 3.05) is 0 Å². The number of nitrogens with two attached hydrogens (primary N) is 1. The van der Waals surface area contributed by atoms with E-state index in [4.69, 9.17) is 5.73 Å². The van der Waals surface area contributed by atoms with Crippen LogP contribution in [0.2, 0.25) is 0 Å². The molecule has 1 atom stereocenters. The van der Waals surface area contributed by atoms with E-state index in [0.29, 0.717) is 5.92 Å². The van der Waals surface area contributed by atoms with Gasteiger partial charge in [0.25, 0.3) is 0 Å². The van der Waals surface area contributed by atoms with Crippen LogP contribution >= 0.6 is 0 Å². The molecule has 0 spiro atoms. The zero-order chi connectivity index (χ0) is 11.6. The van der Waals surface area contributed by atoms with Crippen molar-refractivity contribution in [2.24, 2.45) is 5.73 Å². The van der Waals surface area contributed by atoms with Crippen LogP contribution in [0.3, 0.4) is 0 Å². The molecule has 0 saturated carbocycles. The van der Waals surface area contributed by atoms with Crippen LogP contribution in [0.1, 0.15) is 37.3 Å². The first kappa shape index (κ1) is 11.2. The van der Waals surface area contributed by atoms with Gasteiger partial charge in [-0.1, -0.05) is 48.6 Å². The predicted octanol–water partition coefficient (Wildman–Crippen LogP) is 3.48. The Bertz CT molecular complexity index is 404. The van der Waals surface area contributed by atoms with Crippen LogP contribution in [0, 0.1) is 0 Å². The Kier molecular flexibility index (Phi) is 2.97. The lowest BCUT2D eigenvalue weighted by atomic mass is 9.89. The molecule has 1 unspecified atom stereocenters. The van der Waals surface area contributed by atoms with Crippen molar-refractivity contribution in [1.82, 2.24) is 0 Å². The number of hydrogen-bond acceptors (Lipinski definition) is 1. The Hall–Kier alpha value is -1.34. The van der Waals surface area contributed by atoms with Gasteiger partial charge in [0.05, 0.1) is 0 Å². The smallest absolute Gasteiger partial charge is 0.0352 e. The van der Waals surface area contributed by atoms with E-state index in [1.807, 2.05) is 13.8 Å². The van der Waals surface area contributed by atoms with Crippen LogP contribution in [0.5, 0.6) is 0 Å². The monoisotopic (exact) mass is 213 g/mol. The molecule has 0 bridgehead atoms. The number of allylic oxidation sites excluding steroid dienone is 4. The molecule has 2 rings (SSSR count). The maximum atomic E-state index is 6.06. The summed E-state index contributed by atoms with van der Waals surface area (Å²) in [4.78, 5) is 0. The highest BCUT2D eigenvalue weighted by Crippen LogP contribution is 2.26. The normalized spacial score (nSPS) is 20.1. The third-order valence-corrected chi connectivity index (χ3v) is 3.06. The van der Waals surface area contributed by atoms with Crippen LogP contribution in [0.25, 0.3) is 0 Å². The van der Waals surface area contributed by atoms with E-state index in [2.05, 4.69) is 48.6 Å². The van der Waals surface area contributed by atoms with Gasteiger partial charge < -0.3 is 5.73 Å². The summed E-state index contributed by atoms with van der Waals surface area (Å²) in [6.45, 7) is 4.07. The molecule has 1 aliphatic rings. The van der Waals surface area contributed by atoms with Crippen molar-refractivity contribution in [3.63, 3.8) is 0 Å². The summed E-state index contributed by atoms with van der Waals surface area (Å²) in [5, 5.41) is 0. The molecule has 0 amide bonds. The Morgan fingerprint density at radius 3 is 2.31 bits per heavy atom. The van der Waals surface area contributed by atoms with Gasteiger partial charge in [-0.3, -0.25) is 0 Å². The Labute approximate surface area is 97.7 Å². The summed E-state index contributed by atoms with van der Waals surface area (Å²) in [5.41, 5.74) is 8.37. The third-order valence-electron chi connectivity index (χ3n) is 3.06. The SMILES string of the molecule is CC(C)(N)c1ccc(C2C=CC=CC2)cc1. The van der Waals surface area contributed by atoms with Crippen molar-refractivity contribution in [3.05, 3.63) is 59.7 Å². The Balaban J connectivity index is 2.19. The molecule has 2 N–H and O–H groups in total. The van der Waals surface area contributed by atoms with Gasteiger partial charge >= 0.3 is 0 Å². The number of benzene rings is 1. The molecule has 0 aromatic heterocycles. The molecular weight excluding hydrogens is 194 g/mol. The summed E-state index contributed by atoms with van der Waals surface area (Å²) < 4.78 is 0. The lowest BCUT2D eigenvalue weighted by Gasteiger charge is -2.20. The minimum Gasteiger partial charge on any atom is -0.322 e. The van der Waals surface area contributed by atoms with Gasteiger partial charge in [-0.25, -0.2) is 0 Å². The van der Waals surface area contributed by atoms with E-state index in [-0.39, 0.29) is 5.54 Å². The highest BCUT2D eigenvalue weighted by atomic mass is 14.7. The fourth-order valence-electron chi connectivity index (χ4n) is 1.99. The van der Waals surface area contributed by atoms with Crippen molar-refractivity contribution in [2.45, 2.75) is 31.7 Å². The highest BCUT2D eigenvalue weighted by molar-refractivity contribution is 5.33. The van der Waals surface area contributed by atoms with Gasteiger partial charge in [-0.15, -0.1) is 0 Å². The molecule has 16 heavy (non-hydrogen) atoms. The molecule has 0 saturated heterocycles. The van der Waals surface area contributed by atoms with Crippen molar-refractivity contribution >= 4 is 0 Å². The Morgan fingerprint density at radius 2 is 1.81 bits per heavy atom. The largest absolute Gasteiger partial charge is 0.322 e. The minimum atomic E-state index is -0.249. The lowest BCUT2D eigenvalue weighted by molar-refractivity contribution is 0.554. The first-order chi connectivity index (χ1) is 7.57. The fraction of sp³-hybridized carbons (Fsp3) is 0.333. The minimum absolute atomic E-state index is 0.249. The topological polar surface area (TPSA) is 26.0 Å². The van der Waals surface area contributed by atoms with Gasteiger partial charge in [0, 0.05) is 11.5 Å². The average molecular weight is 213 g/mol. The summed E-state index contributed by atoms with van der Waals surface area (Å²) in [7, 11) is 0. The van der Waals surface area contributed by atoms with Gasteiger partial charge in [0.1, 0.15) is 0 Å². The van der Waals surface area contributed by atoms with Crippen LogP contribution < -0.4 is 5.73 Å². The summed E-state index contributed by atoms with van der Waals surface area (Å²) in [5.74, 6) is 0.528. The molecule has 1 aromatic carbocycles. The number of rotatable bonds is 2. The molecule has 1 aliphatic carbocycles. The van der Waals surface area contributed by atoms with Gasteiger partial charge in [0.15, 0.2) is 0 Å². The van der Waals surface area contributed by atoms with E-state index in [1.54, 1.807) is 0 Å². The standard InChI is InChI=1S/C15H19N/c1-15(2,16)14-10-8-13(9-11-14)12-6-4-3-5-7-12/h3-6,8-12H,7,16H2,1-2H3. The summed E-state index contributed by atoms with van der Waals surface area (Å²) in [6.07, 6.45) is 9.79. The summed E-state index contributed by atoms with van der Waals surface area (Å²) >= 11 is 0.